The number of nitrogens with zero attached hydrogens (tertiary/aromatic N) is 1. The van der Waals surface area contributed by atoms with Crippen molar-refractivity contribution in [1.29, 1.82) is 0 Å². The molecule has 1 saturated heterocycles. The first-order chi connectivity index (χ1) is 5.38. The van der Waals surface area contributed by atoms with Gasteiger partial charge in [-0.15, -0.1) is 0 Å². The number of rotatable bonds is 1. The van der Waals surface area contributed by atoms with Crippen LogP contribution in [0, 0.1) is 5.92 Å². The van der Waals surface area contributed by atoms with Crippen molar-refractivity contribution < 1.29 is 4.79 Å². The van der Waals surface area contributed by atoms with Crippen LogP contribution in [0.3, 0.4) is 0 Å². The van der Waals surface area contributed by atoms with E-state index in [0.29, 0.717) is 11.8 Å². The average molecular weight is 153 g/mol. The highest BCUT2D eigenvalue weighted by Gasteiger charge is 2.31. The van der Waals surface area contributed by atoms with Gasteiger partial charge < -0.3 is 4.90 Å². The Hall–Kier alpha value is -0.530. The van der Waals surface area contributed by atoms with Crippen LogP contribution in [0.4, 0.5) is 0 Å². The lowest BCUT2D eigenvalue weighted by atomic mass is 9.89. The van der Waals surface area contributed by atoms with Crippen molar-refractivity contribution in [3.8, 4) is 0 Å². The lowest BCUT2D eigenvalue weighted by Gasteiger charge is -2.20. The quantitative estimate of drug-likeness (QED) is 0.521. The SMILES string of the molecule is O=C(C1CCCCC1)N1CC1. The highest BCUT2D eigenvalue weighted by molar-refractivity contribution is 5.80. The molecule has 1 amide bonds. The van der Waals surface area contributed by atoms with Gasteiger partial charge >= 0.3 is 0 Å². The fraction of sp³-hybridized carbons (Fsp3) is 0.889. The third-order valence-electron chi connectivity index (χ3n) is 2.71. The van der Waals surface area contributed by atoms with Crippen molar-refractivity contribution in [2.24, 2.45) is 5.92 Å². The van der Waals surface area contributed by atoms with E-state index in [0.717, 1.165) is 25.9 Å². The molecule has 0 atom stereocenters. The largest absolute Gasteiger partial charge is 0.339 e. The first kappa shape index (κ1) is 7.14. The standard InChI is InChI=1S/C9H15NO/c11-9(10-6-7-10)8-4-2-1-3-5-8/h8H,1-7H2. The van der Waals surface area contributed by atoms with Crippen molar-refractivity contribution in [3.05, 3.63) is 0 Å². The zero-order valence-corrected chi connectivity index (χ0v) is 6.88. The van der Waals surface area contributed by atoms with Crippen molar-refractivity contribution in [1.82, 2.24) is 4.90 Å². The molecule has 1 aliphatic heterocycles. The van der Waals surface area contributed by atoms with Gasteiger partial charge in [-0.3, -0.25) is 4.79 Å². The summed E-state index contributed by atoms with van der Waals surface area (Å²) in [5.41, 5.74) is 0. The van der Waals surface area contributed by atoms with Crippen molar-refractivity contribution >= 4 is 5.91 Å². The number of amides is 1. The Bertz CT molecular complexity index is 157. The number of carbonyl (C=O) groups excluding carboxylic acids is 1. The van der Waals surface area contributed by atoms with Gasteiger partial charge in [0.2, 0.25) is 5.91 Å². The highest BCUT2D eigenvalue weighted by atomic mass is 16.2. The Morgan fingerprint density at radius 1 is 1.09 bits per heavy atom. The van der Waals surface area contributed by atoms with Gasteiger partial charge in [-0.2, -0.15) is 0 Å². The minimum absolute atomic E-state index is 0.395. The van der Waals surface area contributed by atoms with E-state index in [1.54, 1.807) is 0 Å². The second-order valence-corrected chi connectivity index (χ2v) is 3.66. The van der Waals surface area contributed by atoms with Crippen LogP contribution in [0.5, 0.6) is 0 Å². The highest BCUT2D eigenvalue weighted by Crippen LogP contribution is 2.26. The fourth-order valence-electron chi connectivity index (χ4n) is 1.88. The molecular formula is C9H15NO. The van der Waals surface area contributed by atoms with Crippen LogP contribution >= 0.6 is 0 Å². The molecule has 0 aromatic heterocycles. The lowest BCUT2D eigenvalue weighted by Crippen LogP contribution is -2.24. The average Bonchev–Trinajstić information content (AvgIpc) is 2.87. The molecule has 0 aromatic carbocycles. The van der Waals surface area contributed by atoms with Gasteiger partial charge in [-0.1, -0.05) is 19.3 Å². The lowest BCUT2D eigenvalue weighted by molar-refractivity contribution is -0.130. The first-order valence-corrected chi connectivity index (χ1v) is 4.67. The Morgan fingerprint density at radius 2 is 1.73 bits per heavy atom. The maximum atomic E-state index is 11.5. The smallest absolute Gasteiger partial charge is 0.225 e. The topological polar surface area (TPSA) is 20.1 Å². The fourth-order valence-corrected chi connectivity index (χ4v) is 1.88. The summed E-state index contributed by atoms with van der Waals surface area (Å²) in [4.78, 5) is 13.5. The summed E-state index contributed by atoms with van der Waals surface area (Å²) < 4.78 is 0. The maximum Gasteiger partial charge on any atom is 0.225 e. The van der Waals surface area contributed by atoms with Gasteiger partial charge in [0.25, 0.3) is 0 Å². The predicted molar refractivity (Wildman–Crippen MR) is 43.2 cm³/mol. The first-order valence-electron chi connectivity index (χ1n) is 4.67. The predicted octanol–water partition coefficient (Wildman–Crippen LogP) is 1.41. The normalized spacial score (nSPS) is 25.3. The van der Waals surface area contributed by atoms with Crippen LogP contribution < -0.4 is 0 Å². The minimum atomic E-state index is 0.395. The molecule has 2 rings (SSSR count). The van der Waals surface area contributed by atoms with Crippen LogP contribution in [0.15, 0.2) is 0 Å². The summed E-state index contributed by atoms with van der Waals surface area (Å²) in [7, 11) is 0. The molecular weight excluding hydrogens is 138 g/mol. The molecule has 2 fully saturated rings. The molecule has 0 unspecified atom stereocenters. The summed E-state index contributed by atoms with van der Waals surface area (Å²) in [5, 5.41) is 0. The molecule has 0 radical (unpaired) electrons. The summed E-state index contributed by atoms with van der Waals surface area (Å²) in [6, 6.07) is 0. The molecule has 0 spiro atoms. The molecule has 0 aromatic rings. The molecule has 1 heterocycles. The van der Waals surface area contributed by atoms with E-state index >= 15 is 0 Å². The van der Waals surface area contributed by atoms with Gasteiger partial charge in [0.05, 0.1) is 0 Å². The Labute approximate surface area is 67.6 Å². The molecule has 1 aliphatic carbocycles. The van der Waals surface area contributed by atoms with E-state index in [1.807, 2.05) is 4.90 Å². The van der Waals surface area contributed by atoms with Crippen LogP contribution in [-0.2, 0) is 4.79 Å². The van der Waals surface area contributed by atoms with Crippen molar-refractivity contribution in [3.63, 3.8) is 0 Å². The molecule has 2 nitrogen and oxygen atoms in total. The third-order valence-corrected chi connectivity index (χ3v) is 2.71. The van der Waals surface area contributed by atoms with Gasteiger partial charge in [-0.25, -0.2) is 0 Å². The summed E-state index contributed by atoms with van der Waals surface area (Å²) in [6.45, 7) is 2.05. The third kappa shape index (κ3) is 1.55. The Kier molecular flexibility index (Phi) is 1.84. The molecule has 62 valence electrons. The van der Waals surface area contributed by atoms with E-state index in [4.69, 9.17) is 0 Å². The second-order valence-electron chi connectivity index (χ2n) is 3.66. The minimum Gasteiger partial charge on any atom is -0.339 e. The van der Waals surface area contributed by atoms with Gasteiger partial charge in [0, 0.05) is 19.0 Å². The van der Waals surface area contributed by atoms with Crippen LogP contribution in [0.25, 0.3) is 0 Å². The van der Waals surface area contributed by atoms with Gasteiger partial charge in [-0.05, 0) is 12.8 Å². The summed E-state index contributed by atoms with van der Waals surface area (Å²) >= 11 is 0. The van der Waals surface area contributed by atoms with Crippen LogP contribution in [0.2, 0.25) is 0 Å². The molecule has 2 heteroatoms. The van der Waals surface area contributed by atoms with Crippen LogP contribution in [-0.4, -0.2) is 23.9 Å². The Balaban J connectivity index is 1.86. The molecule has 11 heavy (non-hydrogen) atoms. The molecule has 0 bridgehead atoms. The van der Waals surface area contributed by atoms with E-state index < -0.39 is 0 Å². The Morgan fingerprint density at radius 3 is 2.27 bits per heavy atom. The molecule has 2 aliphatic rings. The van der Waals surface area contributed by atoms with Crippen molar-refractivity contribution in [2.75, 3.05) is 13.1 Å². The molecule has 1 saturated carbocycles. The summed E-state index contributed by atoms with van der Waals surface area (Å²) in [5.74, 6) is 0.830. The number of hydrogen-bond donors (Lipinski definition) is 0. The van der Waals surface area contributed by atoms with Crippen molar-refractivity contribution in [2.45, 2.75) is 32.1 Å². The van der Waals surface area contributed by atoms with E-state index in [-0.39, 0.29) is 0 Å². The monoisotopic (exact) mass is 153 g/mol. The zero-order chi connectivity index (χ0) is 7.68. The number of carbonyl (C=O) groups is 1. The number of hydrogen-bond acceptors (Lipinski definition) is 1. The van der Waals surface area contributed by atoms with E-state index in [9.17, 15) is 4.79 Å². The summed E-state index contributed by atoms with van der Waals surface area (Å²) in [6.07, 6.45) is 6.17. The second kappa shape index (κ2) is 2.84. The zero-order valence-electron chi connectivity index (χ0n) is 6.88. The van der Waals surface area contributed by atoms with Crippen LogP contribution in [0.1, 0.15) is 32.1 Å². The maximum absolute atomic E-state index is 11.5. The van der Waals surface area contributed by atoms with E-state index in [1.165, 1.54) is 19.3 Å². The van der Waals surface area contributed by atoms with E-state index in [2.05, 4.69) is 0 Å². The van der Waals surface area contributed by atoms with Gasteiger partial charge in [0.1, 0.15) is 0 Å². The molecule has 0 N–H and O–H groups in total. The van der Waals surface area contributed by atoms with Gasteiger partial charge in [0.15, 0.2) is 0 Å².